The van der Waals surface area contributed by atoms with Crippen LogP contribution in [0.4, 0.5) is 11.5 Å². The first-order chi connectivity index (χ1) is 8.08. The summed E-state index contributed by atoms with van der Waals surface area (Å²) in [6, 6.07) is 1.81. The van der Waals surface area contributed by atoms with Crippen LogP contribution in [0.3, 0.4) is 0 Å². The Kier molecular flexibility index (Phi) is 3.51. The van der Waals surface area contributed by atoms with E-state index in [0.717, 1.165) is 29.8 Å². The molecular weight excluding hydrogens is 284 g/mol. The number of pyridine rings is 1. The molecule has 0 radical (unpaired) electrons. The van der Waals surface area contributed by atoms with Crippen molar-refractivity contribution in [1.29, 1.82) is 0 Å². The van der Waals surface area contributed by atoms with E-state index in [9.17, 15) is 4.79 Å². The number of nitrogens with two attached hydrogens (primary N) is 1. The number of anilines is 2. The van der Waals surface area contributed by atoms with Gasteiger partial charge in [0, 0.05) is 20.1 Å². The summed E-state index contributed by atoms with van der Waals surface area (Å²) in [7, 11) is 1.83. The number of nitrogens with zero attached hydrogens (tertiary/aromatic N) is 3. The monoisotopic (exact) mass is 298 g/mol. The van der Waals surface area contributed by atoms with E-state index in [0.29, 0.717) is 12.2 Å². The second-order valence-electron chi connectivity index (χ2n) is 4.16. The van der Waals surface area contributed by atoms with Crippen molar-refractivity contribution in [3.05, 3.63) is 16.7 Å². The van der Waals surface area contributed by atoms with Gasteiger partial charge in [0.05, 0.1) is 22.9 Å². The first-order valence-electron chi connectivity index (χ1n) is 5.48. The molecule has 1 aromatic heterocycles. The number of rotatable bonds is 1. The zero-order chi connectivity index (χ0) is 12.4. The molecule has 0 spiro atoms. The van der Waals surface area contributed by atoms with Crippen molar-refractivity contribution in [3.8, 4) is 0 Å². The molecule has 1 aromatic rings. The highest BCUT2D eigenvalue weighted by atomic mass is 79.9. The molecule has 0 aromatic carbocycles. The zero-order valence-corrected chi connectivity index (χ0v) is 11.3. The minimum atomic E-state index is 0.119. The molecule has 1 saturated heterocycles. The molecule has 0 saturated carbocycles. The van der Waals surface area contributed by atoms with Gasteiger partial charge in [-0.05, 0) is 28.4 Å². The van der Waals surface area contributed by atoms with Gasteiger partial charge in [-0.3, -0.25) is 4.79 Å². The third-order valence-corrected chi connectivity index (χ3v) is 3.40. The number of amides is 1. The molecule has 0 atom stereocenters. The number of likely N-dealkylation sites (N-methyl/N-ethyl adjacent to an activating group) is 1. The lowest BCUT2D eigenvalue weighted by atomic mass is 10.3. The van der Waals surface area contributed by atoms with Crippen molar-refractivity contribution in [2.75, 3.05) is 37.3 Å². The van der Waals surface area contributed by atoms with Crippen LogP contribution in [0, 0.1) is 0 Å². The molecule has 5 nitrogen and oxygen atoms in total. The maximum atomic E-state index is 11.8. The Bertz CT molecular complexity index is 437. The zero-order valence-electron chi connectivity index (χ0n) is 9.69. The maximum Gasteiger partial charge on any atom is 0.241 e. The molecule has 0 bridgehead atoms. The molecule has 2 rings (SSSR count). The minimum absolute atomic E-state index is 0.119. The van der Waals surface area contributed by atoms with Crippen molar-refractivity contribution < 1.29 is 4.79 Å². The van der Waals surface area contributed by atoms with Gasteiger partial charge in [-0.15, -0.1) is 0 Å². The number of aromatic nitrogens is 1. The third kappa shape index (κ3) is 2.69. The van der Waals surface area contributed by atoms with Crippen LogP contribution in [0.15, 0.2) is 16.7 Å². The number of carbonyl (C=O) groups is 1. The van der Waals surface area contributed by atoms with Gasteiger partial charge >= 0.3 is 0 Å². The highest BCUT2D eigenvalue weighted by molar-refractivity contribution is 9.10. The normalized spacial score (nSPS) is 17.2. The highest BCUT2D eigenvalue weighted by Crippen LogP contribution is 2.26. The molecule has 1 fully saturated rings. The molecule has 2 heterocycles. The van der Waals surface area contributed by atoms with E-state index < -0.39 is 0 Å². The van der Waals surface area contributed by atoms with Crippen LogP contribution in [0.1, 0.15) is 6.42 Å². The Hall–Kier alpha value is -1.30. The Morgan fingerprint density at radius 2 is 2.24 bits per heavy atom. The fourth-order valence-electron chi connectivity index (χ4n) is 1.85. The van der Waals surface area contributed by atoms with Crippen LogP contribution in [-0.4, -0.2) is 42.5 Å². The lowest BCUT2D eigenvalue weighted by Gasteiger charge is -2.21. The number of hydrogen-bond donors (Lipinski definition) is 1. The van der Waals surface area contributed by atoms with Gasteiger partial charge in [0.25, 0.3) is 0 Å². The molecule has 2 N–H and O–H groups in total. The second-order valence-corrected chi connectivity index (χ2v) is 5.02. The lowest BCUT2D eigenvalue weighted by Crippen LogP contribution is -2.34. The molecule has 0 unspecified atom stereocenters. The van der Waals surface area contributed by atoms with E-state index in [1.807, 2.05) is 11.9 Å². The minimum Gasteiger partial charge on any atom is -0.397 e. The summed E-state index contributed by atoms with van der Waals surface area (Å²) < 4.78 is 0.829. The van der Waals surface area contributed by atoms with E-state index in [1.165, 1.54) is 0 Å². The van der Waals surface area contributed by atoms with E-state index in [1.54, 1.807) is 17.2 Å². The Morgan fingerprint density at radius 1 is 1.47 bits per heavy atom. The predicted molar refractivity (Wildman–Crippen MR) is 70.8 cm³/mol. The highest BCUT2D eigenvalue weighted by Gasteiger charge is 2.21. The van der Waals surface area contributed by atoms with Gasteiger partial charge in [-0.25, -0.2) is 4.98 Å². The van der Waals surface area contributed by atoms with Crippen LogP contribution in [0.5, 0.6) is 0 Å². The average molecular weight is 299 g/mol. The maximum absolute atomic E-state index is 11.8. The summed E-state index contributed by atoms with van der Waals surface area (Å²) in [5.41, 5.74) is 6.26. The largest absolute Gasteiger partial charge is 0.397 e. The summed E-state index contributed by atoms with van der Waals surface area (Å²) >= 11 is 3.43. The van der Waals surface area contributed by atoms with Gasteiger partial charge in [0.2, 0.25) is 5.91 Å². The Labute approximate surface area is 109 Å². The number of hydrogen-bond acceptors (Lipinski definition) is 4. The van der Waals surface area contributed by atoms with Crippen molar-refractivity contribution in [2.45, 2.75) is 6.42 Å². The van der Waals surface area contributed by atoms with E-state index in [4.69, 9.17) is 5.73 Å². The van der Waals surface area contributed by atoms with Gasteiger partial charge in [0.15, 0.2) is 0 Å². The standard InChI is InChI=1S/C11H15BrN4O/c1-15-3-2-4-16(7-10(15)17)11-9(12)5-8(13)6-14-11/h5-6H,2-4,7,13H2,1H3. The fourth-order valence-corrected chi connectivity index (χ4v) is 2.46. The smallest absolute Gasteiger partial charge is 0.241 e. The summed E-state index contributed by atoms with van der Waals surface area (Å²) in [6.45, 7) is 1.99. The van der Waals surface area contributed by atoms with Crippen LogP contribution in [-0.2, 0) is 4.79 Å². The molecule has 92 valence electrons. The van der Waals surface area contributed by atoms with Gasteiger partial charge in [-0.2, -0.15) is 0 Å². The summed E-state index contributed by atoms with van der Waals surface area (Å²) in [5.74, 6) is 0.899. The average Bonchev–Trinajstić information content (AvgIpc) is 2.42. The van der Waals surface area contributed by atoms with Crippen LogP contribution in [0.25, 0.3) is 0 Å². The first-order valence-corrected chi connectivity index (χ1v) is 6.27. The second kappa shape index (κ2) is 4.91. The molecule has 1 amide bonds. The molecule has 1 aliphatic heterocycles. The van der Waals surface area contributed by atoms with Crippen molar-refractivity contribution >= 4 is 33.3 Å². The lowest BCUT2D eigenvalue weighted by molar-refractivity contribution is -0.127. The SMILES string of the molecule is CN1CCCN(c2ncc(N)cc2Br)CC1=O. The number of carbonyl (C=O) groups excluding carboxylic acids is 1. The Morgan fingerprint density at radius 3 is 2.94 bits per heavy atom. The number of halogens is 1. The van der Waals surface area contributed by atoms with Gasteiger partial charge in [-0.1, -0.05) is 0 Å². The topological polar surface area (TPSA) is 62.5 Å². The fraction of sp³-hybridized carbons (Fsp3) is 0.455. The molecule has 1 aliphatic rings. The van der Waals surface area contributed by atoms with E-state index >= 15 is 0 Å². The van der Waals surface area contributed by atoms with Gasteiger partial charge in [0.1, 0.15) is 5.82 Å². The van der Waals surface area contributed by atoms with Crippen LogP contribution < -0.4 is 10.6 Å². The van der Waals surface area contributed by atoms with E-state index in [2.05, 4.69) is 20.9 Å². The van der Waals surface area contributed by atoms with Crippen LogP contribution in [0.2, 0.25) is 0 Å². The van der Waals surface area contributed by atoms with Crippen molar-refractivity contribution in [1.82, 2.24) is 9.88 Å². The Balaban J connectivity index is 2.24. The molecular formula is C11H15BrN4O. The summed E-state index contributed by atoms with van der Waals surface area (Å²) in [6.07, 6.45) is 2.56. The molecule has 6 heteroatoms. The van der Waals surface area contributed by atoms with Crippen LogP contribution >= 0.6 is 15.9 Å². The summed E-state index contributed by atoms with van der Waals surface area (Å²) in [5, 5.41) is 0. The van der Waals surface area contributed by atoms with Crippen molar-refractivity contribution in [3.63, 3.8) is 0 Å². The summed E-state index contributed by atoms with van der Waals surface area (Å²) in [4.78, 5) is 19.8. The number of nitrogen functional groups attached to an aromatic ring is 1. The van der Waals surface area contributed by atoms with Crippen molar-refractivity contribution in [2.24, 2.45) is 0 Å². The van der Waals surface area contributed by atoms with E-state index in [-0.39, 0.29) is 5.91 Å². The molecule has 17 heavy (non-hydrogen) atoms. The third-order valence-electron chi connectivity index (χ3n) is 2.82. The quantitative estimate of drug-likeness (QED) is 0.843. The van der Waals surface area contributed by atoms with Gasteiger partial charge < -0.3 is 15.5 Å². The molecule has 0 aliphatic carbocycles. The first kappa shape index (κ1) is 12.2. The predicted octanol–water partition coefficient (Wildman–Crippen LogP) is 1.09.